The van der Waals surface area contributed by atoms with E-state index in [0.29, 0.717) is 106 Å². The van der Waals surface area contributed by atoms with E-state index in [2.05, 4.69) is 0 Å². The summed E-state index contributed by atoms with van der Waals surface area (Å²) in [6.45, 7) is 5.91. The Hall–Kier alpha value is -5.23. The molecule has 2 heterocycles. The molecule has 2 saturated heterocycles. The number of hydrogen-bond acceptors (Lipinski definition) is 7. The quantitative estimate of drug-likeness (QED) is 0.119. The molecule has 59 heavy (non-hydrogen) atoms. The van der Waals surface area contributed by atoms with Crippen molar-refractivity contribution in [2.75, 3.05) is 39.4 Å². The lowest BCUT2D eigenvalue weighted by atomic mass is 9.97. The number of ether oxygens (including phenoxy) is 2. The molecule has 2 aliphatic heterocycles. The number of piperidine rings is 2. The number of likely N-dealkylation sites (tertiary alicyclic amines) is 2. The van der Waals surface area contributed by atoms with Crippen LogP contribution in [0.1, 0.15) is 50.7 Å². The summed E-state index contributed by atoms with van der Waals surface area (Å²) >= 11 is 16.1. The van der Waals surface area contributed by atoms with Crippen LogP contribution in [0.3, 0.4) is 0 Å². The van der Waals surface area contributed by atoms with Crippen LogP contribution in [0.5, 0.6) is 11.5 Å². The highest BCUT2D eigenvalue weighted by Gasteiger charge is 2.29. The number of nitrogens with zero attached hydrogens (tertiary/aromatic N) is 2. The number of carboxylic acids is 2. The van der Waals surface area contributed by atoms with E-state index in [4.69, 9.17) is 32.7 Å². The van der Waals surface area contributed by atoms with Crippen molar-refractivity contribution < 1.29 is 38.9 Å². The van der Waals surface area contributed by atoms with E-state index in [9.17, 15) is 29.4 Å². The lowest BCUT2D eigenvalue weighted by molar-refractivity contribution is -0.146. The molecule has 6 rings (SSSR count). The summed E-state index contributed by atoms with van der Waals surface area (Å²) in [5.74, 6) is -2.34. The number of carbonyl (C=O) groups is 4. The van der Waals surface area contributed by atoms with Crippen LogP contribution in [0, 0.1) is 11.8 Å². The second-order valence-electron chi connectivity index (χ2n) is 14.2. The van der Waals surface area contributed by atoms with Crippen LogP contribution in [0.2, 0.25) is 10.0 Å². The van der Waals surface area contributed by atoms with Gasteiger partial charge in [0.15, 0.2) is 0 Å². The maximum Gasteiger partial charge on any atom is 0.308 e. The van der Waals surface area contributed by atoms with E-state index in [0.717, 1.165) is 11.1 Å². The van der Waals surface area contributed by atoms with E-state index in [-0.39, 0.29) is 24.9 Å². The third-order valence-corrected chi connectivity index (χ3v) is 12.5. The monoisotopic (exact) mass is 856 g/mol. The molecule has 0 aliphatic carbocycles. The van der Waals surface area contributed by atoms with Crippen molar-refractivity contribution in [1.82, 2.24) is 9.80 Å². The Labute approximate surface area is 358 Å². The summed E-state index contributed by atoms with van der Waals surface area (Å²) < 4.78 is 12.0. The van der Waals surface area contributed by atoms with Crippen LogP contribution in [-0.4, -0.2) is 83.2 Å². The number of rotatable bonds is 14. The van der Waals surface area contributed by atoms with Crippen molar-refractivity contribution in [3.8, 4) is 33.8 Å². The molecule has 308 valence electrons. The minimum Gasteiger partial charge on any atom is -0.493 e. The molecule has 2 atom stereocenters. The van der Waals surface area contributed by atoms with Crippen LogP contribution in [-0.2, 0) is 19.2 Å². The van der Waals surface area contributed by atoms with Crippen molar-refractivity contribution in [3.05, 3.63) is 106 Å². The average Bonchev–Trinajstić information content (AvgIpc) is 3.24. The van der Waals surface area contributed by atoms with Gasteiger partial charge in [0.2, 0.25) is 11.8 Å². The third-order valence-electron chi connectivity index (χ3n) is 10.4. The molecule has 2 aliphatic rings. The van der Waals surface area contributed by atoms with Crippen molar-refractivity contribution in [1.29, 1.82) is 0 Å². The van der Waals surface area contributed by atoms with Gasteiger partial charge in [-0.1, -0.05) is 83.5 Å². The zero-order valence-electron chi connectivity index (χ0n) is 32.9. The summed E-state index contributed by atoms with van der Waals surface area (Å²) in [6.07, 6.45) is 8.63. The number of carbonyl (C=O) groups excluding carboxylic acids is 2. The number of carboxylic acid groups (broad SMARTS) is 2. The molecular weight excluding hydrogens is 811 g/mol. The van der Waals surface area contributed by atoms with Crippen molar-refractivity contribution in [3.63, 3.8) is 0 Å². The van der Waals surface area contributed by atoms with E-state index in [1.165, 1.54) is 23.9 Å². The Balaban J connectivity index is 1.39. The molecule has 2 N–H and O–H groups in total. The highest BCUT2D eigenvalue weighted by Crippen LogP contribution is 2.48. The minimum absolute atomic E-state index is 0.156. The van der Waals surface area contributed by atoms with Gasteiger partial charge < -0.3 is 29.5 Å². The molecule has 10 nitrogen and oxygen atoms in total. The van der Waals surface area contributed by atoms with Crippen LogP contribution >= 0.6 is 35.0 Å². The molecule has 0 aromatic heterocycles. The molecule has 4 aromatic carbocycles. The number of hydrogen-bond donors (Lipinski definition) is 2. The van der Waals surface area contributed by atoms with Gasteiger partial charge in [0, 0.05) is 70.4 Å². The second kappa shape index (κ2) is 20.2. The molecule has 0 bridgehead atoms. The summed E-state index contributed by atoms with van der Waals surface area (Å²) in [4.78, 5) is 54.5. The summed E-state index contributed by atoms with van der Waals surface area (Å²) in [6, 6.07) is 22.6. The zero-order valence-corrected chi connectivity index (χ0v) is 35.2. The normalized spacial score (nSPS) is 17.0. The molecule has 2 unspecified atom stereocenters. The molecule has 0 spiro atoms. The fourth-order valence-electron chi connectivity index (χ4n) is 7.44. The highest BCUT2D eigenvalue weighted by atomic mass is 35.5. The maximum atomic E-state index is 13.3. The number of aliphatic carboxylic acids is 2. The molecule has 0 saturated carbocycles. The predicted molar refractivity (Wildman–Crippen MR) is 232 cm³/mol. The van der Waals surface area contributed by atoms with E-state index in [1.807, 2.05) is 86.6 Å². The Bertz CT molecular complexity index is 2120. The standard InChI is InChI=1S/C46H46Cl2N2O8S/c1-3-57-35-15-7-5-13-33(35)41-29(19-23-39(51)49-25-9-11-31(27-49)45(53)54)17-21-37(43(41)47)59-38-22-18-30(20-24-40(52)50-26-10-12-32(28-50)46(55)56)42(44(38)48)34-14-6-8-16-36(34)58-4-2/h5-8,13-24,31-32H,3-4,9-12,25-28H2,1-2H3,(H,53,54)(H,55,56)/b23-19+,24-20+. The first-order valence-corrected chi connectivity index (χ1v) is 21.2. The van der Waals surface area contributed by atoms with E-state index >= 15 is 0 Å². The summed E-state index contributed by atoms with van der Waals surface area (Å²) in [5.41, 5.74) is 4.07. The van der Waals surface area contributed by atoms with Gasteiger partial charge in [-0.2, -0.15) is 0 Å². The first-order chi connectivity index (χ1) is 28.5. The maximum absolute atomic E-state index is 13.3. The van der Waals surface area contributed by atoms with Gasteiger partial charge in [0.25, 0.3) is 0 Å². The van der Waals surface area contributed by atoms with Gasteiger partial charge in [-0.25, -0.2) is 0 Å². The topological polar surface area (TPSA) is 134 Å². The van der Waals surface area contributed by atoms with Gasteiger partial charge in [-0.05, 0) is 87.1 Å². The van der Waals surface area contributed by atoms with Crippen LogP contribution in [0.15, 0.2) is 94.7 Å². The molecule has 13 heteroatoms. The molecule has 0 radical (unpaired) electrons. The van der Waals surface area contributed by atoms with Crippen molar-refractivity contribution in [2.24, 2.45) is 11.8 Å². The van der Waals surface area contributed by atoms with Gasteiger partial charge >= 0.3 is 11.9 Å². The predicted octanol–water partition coefficient (Wildman–Crippen LogP) is 9.95. The number of halogens is 2. The van der Waals surface area contributed by atoms with Crippen molar-refractivity contribution >= 4 is 70.9 Å². The van der Waals surface area contributed by atoms with Crippen LogP contribution in [0.4, 0.5) is 0 Å². The van der Waals surface area contributed by atoms with Crippen molar-refractivity contribution in [2.45, 2.75) is 49.3 Å². The van der Waals surface area contributed by atoms with Gasteiger partial charge in [-0.3, -0.25) is 19.2 Å². The fraction of sp³-hybridized carbons (Fsp3) is 0.304. The number of benzene rings is 4. The first-order valence-electron chi connectivity index (χ1n) is 19.7. The highest BCUT2D eigenvalue weighted by molar-refractivity contribution is 7.99. The number of para-hydroxylation sites is 2. The Morgan fingerprint density at radius 3 is 1.46 bits per heavy atom. The van der Waals surface area contributed by atoms with Gasteiger partial charge in [0.1, 0.15) is 11.5 Å². The van der Waals surface area contributed by atoms with Crippen LogP contribution < -0.4 is 9.47 Å². The molecular formula is C46H46Cl2N2O8S. The van der Waals surface area contributed by atoms with Gasteiger partial charge in [-0.15, -0.1) is 0 Å². The minimum atomic E-state index is -0.904. The molecule has 4 aromatic rings. The lowest BCUT2D eigenvalue weighted by Gasteiger charge is -2.29. The summed E-state index contributed by atoms with van der Waals surface area (Å²) in [7, 11) is 0. The Morgan fingerprint density at radius 1 is 0.661 bits per heavy atom. The smallest absolute Gasteiger partial charge is 0.308 e. The zero-order chi connectivity index (χ0) is 42.1. The van der Waals surface area contributed by atoms with Gasteiger partial charge in [0.05, 0.1) is 35.1 Å². The van der Waals surface area contributed by atoms with E-state index < -0.39 is 23.8 Å². The average molecular weight is 858 g/mol. The van der Waals surface area contributed by atoms with E-state index in [1.54, 1.807) is 22.0 Å². The lowest BCUT2D eigenvalue weighted by Crippen LogP contribution is -2.41. The summed E-state index contributed by atoms with van der Waals surface area (Å²) in [5, 5.41) is 19.9. The Kier molecular flexibility index (Phi) is 14.8. The first kappa shape index (κ1) is 43.4. The Morgan fingerprint density at radius 2 is 1.07 bits per heavy atom. The number of amides is 2. The van der Waals surface area contributed by atoms with Crippen LogP contribution in [0.25, 0.3) is 34.4 Å². The fourth-order valence-corrected chi connectivity index (χ4v) is 9.12. The largest absolute Gasteiger partial charge is 0.493 e. The third kappa shape index (κ3) is 10.3. The second-order valence-corrected chi connectivity index (χ2v) is 16.1. The SMILES string of the molecule is CCOc1ccccc1-c1c(/C=C/C(=O)N2CCCC(C(=O)O)C2)ccc(Sc2ccc(/C=C/C(=O)N3CCCC(C(=O)O)C3)c(-c3ccccc3OCC)c2Cl)c1Cl. The molecule has 2 amide bonds. The molecule has 2 fully saturated rings.